The van der Waals surface area contributed by atoms with Gasteiger partial charge in [0.15, 0.2) is 5.82 Å². The molecule has 0 spiro atoms. The lowest BCUT2D eigenvalue weighted by atomic mass is 10.2. The molecule has 0 aromatic carbocycles. The summed E-state index contributed by atoms with van der Waals surface area (Å²) >= 11 is 6.33. The smallest absolute Gasteiger partial charge is 0.318 e. The zero-order chi connectivity index (χ0) is 15.5. The van der Waals surface area contributed by atoms with Gasteiger partial charge in [0.25, 0.3) is 0 Å². The van der Waals surface area contributed by atoms with Crippen LogP contribution in [-0.2, 0) is 4.74 Å². The number of ether oxygens (including phenoxy) is 2. The summed E-state index contributed by atoms with van der Waals surface area (Å²) in [5.41, 5.74) is 0. The summed E-state index contributed by atoms with van der Waals surface area (Å²) in [4.78, 5) is 13.3. The molecule has 0 amide bonds. The van der Waals surface area contributed by atoms with Gasteiger partial charge in [0.05, 0.1) is 19.4 Å². The molecule has 6 nitrogen and oxygen atoms in total. The van der Waals surface area contributed by atoms with Gasteiger partial charge < -0.3 is 19.3 Å². The Hall–Kier alpha value is -1.11. The van der Waals surface area contributed by atoms with Gasteiger partial charge in [-0.15, -0.1) is 0 Å². The van der Waals surface area contributed by atoms with E-state index in [9.17, 15) is 0 Å². The van der Waals surface area contributed by atoms with Gasteiger partial charge in [-0.1, -0.05) is 11.6 Å². The highest BCUT2D eigenvalue weighted by molar-refractivity contribution is 6.32. The summed E-state index contributed by atoms with van der Waals surface area (Å²) in [5.74, 6) is 0.747. The molecule has 0 bridgehead atoms. The van der Waals surface area contributed by atoms with E-state index in [4.69, 9.17) is 21.1 Å². The van der Waals surface area contributed by atoms with Crippen molar-refractivity contribution in [1.82, 2.24) is 14.9 Å². The maximum absolute atomic E-state index is 6.33. The summed E-state index contributed by atoms with van der Waals surface area (Å²) in [6, 6.07) is 0.709. The normalized spacial score (nSPS) is 25.9. The van der Waals surface area contributed by atoms with Crippen LogP contribution in [0.1, 0.15) is 19.3 Å². The third-order valence-corrected chi connectivity index (χ3v) is 4.80. The fourth-order valence-electron chi connectivity index (χ4n) is 3.38. The number of hydrogen-bond acceptors (Lipinski definition) is 6. The van der Waals surface area contributed by atoms with Crippen molar-refractivity contribution in [3.8, 4) is 6.01 Å². The van der Waals surface area contributed by atoms with E-state index in [-0.39, 0.29) is 6.10 Å². The molecule has 2 fully saturated rings. The summed E-state index contributed by atoms with van der Waals surface area (Å²) in [7, 11) is 3.33. The van der Waals surface area contributed by atoms with E-state index in [1.165, 1.54) is 25.9 Å². The number of anilines is 1. The number of nitrogens with zero attached hydrogens (tertiary/aromatic N) is 4. The van der Waals surface area contributed by atoms with Gasteiger partial charge >= 0.3 is 6.01 Å². The Bertz CT molecular complexity index is 510. The first kappa shape index (κ1) is 15.8. The van der Waals surface area contributed by atoms with E-state index < -0.39 is 0 Å². The van der Waals surface area contributed by atoms with Gasteiger partial charge in [0.1, 0.15) is 5.02 Å². The van der Waals surface area contributed by atoms with Crippen molar-refractivity contribution in [3.05, 3.63) is 11.2 Å². The van der Waals surface area contributed by atoms with Crippen molar-refractivity contribution in [1.29, 1.82) is 0 Å². The maximum Gasteiger partial charge on any atom is 0.318 e. The van der Waals surface area contributed by atoms with Gasteiger partial charge in [0.2, 0.25) is 0 Å². The van der Waals surface area contributed by atoms with E-state index in [0.29, 0.717) is 17.1 Å². The van der Waals surface area contributed by atoms with Crippen molar-refractivity contribution in [2.45, 2.75) is 31.4 Å². The first-order chi connectivity index (χ1) is 10.7. The van der Waals surface area contributed by atoms with Crippen LogP contribution in [0.2, 0.25) is 5.02 Å². The van der Waals surface area contributed by atoms with Crippen molar-refractivity contribution >= 4 is 17.4 Å². The molecule has 2 aliphatic rings. The molecule has 0 unspecified atom stereocenters. The molecule has 0 N–H and O–H groups in total. The molecule has 2 aliphatic heterocycles. The predicted molar refractivity (Wildman–Crippen MR) is 85.8 cm³/mol. The monoisotopic (exact) mass is 326 g/mol. The second-order valence-corrected chi connectivity index (χ2v) is 6.34. The Morgan fingerprint density at radius 3 is 2.77 bits per heavy atom. The zero-order valence-electron chi connectivity index (χ0n) is 13.2. The van der Waals surface area contributed by atoms with Crippen molar-refractivity contribution in [2.75, 3.05) is 45.3 Å². The van der Waals surface area contributed by atoms with Crippen LogP contribution >= 0.6 is 11.6 Å². The summed E-state index contributed by atoms with van der Waals surface area (Å²) < 4.78 is 10.7. The predicted octanol–water partition coefficient (Wildman–Crippen LogP) is 1.83. The number of rotatable bonds is 5. The highest BCUT2D eigenvalue weighted by atomic mass is 35.5. The Kier molecular flexibility index (Phi) is 5.00. The van der Waals surface area contributed by atoms with Crippen LogP contribution in [0, 0.1) is 0 Å². The Morgan fingerprint density at radius 2 is 2.09 bits per heavy atom. The van der Waals surface area contributed by atoms with E-state index in [2.05, 4.69) is 19.8 Å². The van der Waals surface area contributed by atoms with Crippen molar-refractivity contribution in [2.24, 2.45) is 0 Å². The Morgan fingerprint density at radius 1 is 1.32 bits per heavy atom. The Labute approximate surface area is 136 Å². The minimum atomic E-state index is 0.213. The molecular formula is C15H23ClN4O2. The fraction of sp³-hybridized carbons (Fsp3) is 0.733. The molecule has 2 saturated heterocycles. The second-order valence-electron chi connectivity index (χ2n) is 5.94. The van der Waals surface area contributed by atoms with Gasteiger partial charge in [-0.2, -0.15) is 4.98 Å². The van der Waals surface area contributed by atoms with E-state index in [1.807, 2.05) is 0 Å². The molecule has 2 atom stereocenters. The first-order valence-electron chi connectivity index (χ1n) is 7.79. The molecular weight excluding hydrogens is 304 g/mol. The highest BCUT2D eigenvalue weighted by Gasteiger charge is 2.35. The lowest BCUT2D eigenvalue weighted by molar-refractivity contribution is 0.116. The molecule has 122 valence electrons. The molecule has 1 aromatic rings. The highest BCUT2D eigenvalue weighted by Crippen LogP contribution is 2.32. The van der Waals surface area contributed by atoms with Crippen molar-refractivity contribution in [3.63, 3.8) is 0 Å². The van der Waals surface area contributed by atoms with Crippen molar-refractivity contribution < 1.29 is 9.47 Å². The Balaban J connectivity index is 1.81. The van der Waals surface area contributed by atoms with Crippen LogP contribution < -0.4 is 9.64 Å². The van der Waals surface area contributed by atoms with Crippen LogP contribution in [0.3, 0.4) is 0 Å². The lowest BCUT2D eigenvalue weighted by Gasteiger charge is -2.29. The number of methoxy groups -OCH3 is 2. The van der Waals surface area contributed by atoms with Crippen LogP contribution in [0.15, 0.2) is 6.20 Å². The third kappa shape index (κ3) is 3.29. The SMILES string of the molecule is COc1ncc(Cl)c(N2C[C@@H](OC)C[C@H]2CN2CCCC2)n1. The molecule has 7 heteroatoms. The largest absolute Gasteiger partial charge is 0.467 e. The second kappa shape index (κ2) is 6.98. The van der Waals surface area contributed by atoms with Crippen LogP contribution in [0.5, 0.6) is 6.01 Å². The van der Waals surface area contributed by atoms with Gasteiger partial charge in [-0.25, -0.2) is 4.98 Å². The number of hydrogen-bond donors (Lipinski definition) is 0. The average Bonchev–Trinajstić information content (AvgIpc) is 3.18. The standard InChI is InChI=1S/C15H23ClN4O2/c1-21-12-7-11(9-19-5-3-4-6-19)20(10-12)14-13(16)8-17-15(18-14)22-2/h8,11-12H,3-7,9-10H2,1-2H3/t11-,12-/m0/s1. The third-order valence-electron chi connectivity index (χ3n) is 4.54. The minimum absolute atomic E-state index is 0.213. The number of halogens is 1. The molecule has 3 heterocycles. The van der Waals surface area contributed by atoms with Crippen LogP contribution in [0.25, 0.3) is 0 Å². The quantitative estimate of drug-likeness (QED) is 0.823. The molecule has 0 radical (unpaired) electrons. The average molecular weight is 327 g/mol. The summed E-state index contributed by atoms with van der Waals surface area (Å²) in [6.07, 6.45) is 5.40. The molecule has 3 rings (SSSR count). The van der Waals surface area contributed by atoms with Crippen LogP contribution in [0.4, 0.5) is 5.82 Å². The van der Waals surface area contributed by atoms with Gasteiger partial charge in [0, 0.05) is 26.2 Å². The maximum atomic E-state index is 6.33. The fourth-order valence-corrected chi connectivity index (χ4v) is 3.58. The lowest BCUT2D eigenvalue weighted by Crippen LogP contribution is -2.40. The first-order valence-corrected chi connectivity index (χ1v) is 8.17. The van der Waals surface area contributed by atoms with Gasteiger partial charge in [-0.05, 0) is 32.4 Å². The molecule has 0 aliphatic carbocycles. The number of likely N-dealkylation sites (tertiary alicyclic amines) is 1. The van der Waals surface area contributed by atoms with Gasteiger partial charge in [-0.3, -0.25) is 0 Å². The summed E-state index contributed by atoms with van der Waals surface area (Å²) in [5, 5.41) is 0.559. The number of aromatic nitrogens is 2. The molecule has 22 heavy (non-hydrogen) atoms. The molecule has 0 saturated carbocycles. The van der Waals surface area contributed by atoms with E-state index in [0.717, 1.165) is 25.3 Å². The summed E-state index contributed by atoms with van der Waals surface area (Å²) in [6.45, 7) is 4.20. The van der Waals surface area contributed by atoms with Crippen LogP contribution in [-0.4, -0.2) is 67.4 Å². The van der Waals surface area contributed by atoms with E-state index in [1.54, 1.807) is 20.4 Å². The molecule has 1 aromatic heterocycles. The van der Waals surface area contributed by atoms with E-state index >= 15 is 0 Å². The topological polar surface area (TPSA) is 50.7 Å². The minimum Gasteiger partial charge on any atom is -0.467 e. The zero-order valence-corrected chi connectivity index (χ0v) is 13.9.